The Bertz CT molecular complexity index is 355. The van der Waals surface area contributed by atoms with Crippen molar-refractivity contribution in [2.24, 2.45) is 0 Å². The lowest BCUT2D eigenvalue weighted by molar-refractivity contribution is 0.565. The number of nitrogens with one attached hydrogen (secondary N) is 1. The smallest absolute Gasteiger partial charge is 0.164 e. The molecule has 0 aliphatic heterocycles. The normalized spacial score (nSPS) is 14.8. The van der Waals surface area contributed by atoms with Crippen LogP contribution in [0.3, 0.4) is 0 Å². The van der Waals surface area contributed by atoms with Gasteiger partial charge in [-0.3, -0.25) is 9.27 Å². The van der Waals surface area contributed by atoms with E-state index in [4.69, 9.17) is 4.55 Å². The van der Waals surface area contributed by atoms with Crippen molar-refractivity contribution in [2.75, 3.05) is 4.72 Å². The molecule has 0 fully saturated rings. The molecule has 1 heterocycles. The van der Waals surface area contributed by atoms with Crippen molar-refractivity contribution in [2.45, 2.75) is 6.92 Å². The summed E-state index contributed by atoms with van der Waals surface area (Å²) >= 11 is 0. The Kier molecular flexibility index (Phi) is 2.67. The Morgan fingerprint density at radius 1 is 1.67 bits per heavy atom. The van der Waals surface area contributed by atoms with Gasteiger partial charge in [0, 0.05) is 11.6 Å². The van der Waals surface area contributed by atoms with Gasteiger partial charge in [-0.05, 0) is 19.1 Å². The fourth-order valence-corrected chi connectivity index (χ4v) is 1.17. The van der Waals surface area contributed by atoms with E-state index in [9.17, 15) is 4.21 Å². The highest BCUT2D eigenvalue weighted by Gasteiger charge is 1.98. The van der Waals surface area contributed by atoms with E-state index in [2.05, 4.69) is 9.71 Å². The number of aromatic nitrogens is 1. The van der Waals surface area contributed by atoms with Crippen LogP contribution >= 0.6 is 0 Å². The van der Waals surface area contributed by atoms with Crippen molar-refractivity contribution in [3.05, 3.63) is 24.4 Å². The largest absolute Gasteiger partial charge is 0.298 e. The van der Waals surface area contributed by atoms with Crippen molar-refractivity contribution in [1.29, 1.82) is 0 Å². The molecule has 0 spiro atoms. The van der Waals surface area contributed by atoms with Crippen molar-refractivity contribution < 1.29 is 8.76 Å². The molecular formula is C7H10N2O2S. The summed E-state index contributed by atoms with van der Waals surface area (Å²) in [6.45, 7) is 1.51. The first kappa shape index (κ1) is 9.02. The number of nitrogens with zero attached hydrogens (tertiary/aromatic N) is 1. The summed E-state index contributed by atoms with van der Waals surface area (Å²) in [6.07, 6.45) is 1.55. The van der Waals surface area contributed by atoms with Gasteiger partial charge in [-0.1, -0.05) is 6.07 Å². The van der Waals surface area contributed by atoms with Crippen LogP contribution in [0.2, 0.25) is 0 Å². The lowest BCUT2D eigenvalue weighted by Gasteiger charge is -2.04. The molecule has 0 aliphatic carbocycles. The maximum Gasteiger partial charge on any atom is 0.164 e. The van der Waals surface area contributed by atoms with E-state index in [1.807, 2.05) is 0 Å². The predicted molar refractivity (Wildman–Crippen MR) is 50.4 cm³/mol. The maximum absolute atomic E-state index is 11.1. The molecule has 2 N–H and O–H groups in total. The SMILES string of the molecule is CC=S(=O)(O)Nc1ccccn1. The zero-order chi connectivity index (χ0) is 9.03. The summed E-state index contributed by atoms with van der Waals surface area (Å²) in [6, 6.07) is 5.10. The van der Waals surface area contributed by atoms with Crippen LogP contribution in [0.5, 0.6) is 0 Å². The summed E-state index contributed by atoms with van der Waals surface area (Å²) < 4.78 is 22.6. The average molecular weight is 186 g/mol. The lowest BCUT2D eigenvalue weighted by atomic mass is 10.5. The van der Waals surface area contributed by atoms with E-state index < -0.39 is 9.99 Å². The molecule has 0 radical (unpaired) electrons. The average Bonchev–Trinajstić information content (AvgIpc) is 2.06. The minimum absolute atomic E-state index is 0.392. The minimum atomic E-state index is -3.06. The van der Waals surface area contributed by atoms with E-state index in [0.29, 0.717) is 5.82 Å². The molecule has 0 aromatic carbocycles. The summed E-state index contributed by atoms with van der Waals surface area (Å²) in [5.74, 6) is 0.392. The number of hydrogen-bond donors (Lipinski definition) is 2. The Balaban J connectivity index is 2.86. The highest BCUT2D eigenvalue weighted by molar-refractivity contribution is 7.97. The fourth-order valence-electron chi connectivity index (χ4n) is 0.632. The van der Waals surface area contributed by atoms with Crippen molar-refractivity contribution in [1.82, 2.24) is 4.98 Å². The summed E-state index contributed by atoms with van der Waals surface area (Å²) in [4.78, 5) is 3.84. The number of rotatable bonds is 2. The van der Waals surface area contributed by atoms with Gasteiger partial charge in [-0.25, -0.2) is 9.19 Å². The van der Waals surface area contributed by atoms with Crippen molar-refractivity contribution in [3.8, 4) is 0 Å². The molecule has 5 heteroatoms. The molecule has 1 unspecified atom stereocenters. The molecule has 1 aromatic rings. The monoisotopic (exact) mass is 186 g/mol. The van der Waals surface area contributed by atoms with Crippen LogP contribution in [0, 0.1) is 0 Å². The number of hydrogen-bond acceptors (Lipinski definition) is 2. The summed E-state index contributed by atoms with van der Waals surface area (Å²) in [5, 5.41) is 1.20. The van der Waals surface area contributed by atoms with Gasteiger partial charge >= 0.3 is 0 Å². The van der Waals surface area contributed by atoms with E-state index in [0.717, 1.165) is 0 Å². The van der Waals surface area contributed by atoms with Gasteiger partial charge in [0.25, 0.3) is 0 Å². The van der Waals surface area contributed by atoms with Crippen LogP contribution in [0.4, 0.5) is 5.82 Å². The second-order valence-electron chi connectivity index (χ2n) is 2.12. The zero-order valence-electron chi connectivity index (χ0n) is 6.60. The first-order valence-electron chi connectivity index (χ1n) is 3.39. The highest BCUT2D eigenvalue weighted by atomic mass is 32.2. The first-order chi connectivity index (χ1) is 5.64. The van der Waals surface area contributed by atoms with E-state index >= 15 is 0 Å². The molecule has 0 bridgehead atoms. The molecule has 1 rings (SSSR count). The third-order valence-electron chi connectivity index (χ3n) is 1.24. The Labute approximate surface area is 71.6 Å². The third kappa shape index (κ3) is 2.52. The van der Waals surface area contributed by atoms with Crippen LogP contribution in [0.25, 0.3) is 0 Å². The molecule has 0 amide bonds. The molecular weight excluding hydrogens is 176 g/mol. The first-order valence-corrected chi connectivity index (χ1v) is 4.97. The van der Waals surface area contributed by atoms with Crippen LogP contribution < -0.4 is 4.72 Å². The standard InChI is InChI=1S/C7H10N2O2S/c1-2-12(10,11)9-7-5-3-4-6-8-7/h2-6H,1H3,(H2,8,9,10,11). The van der Waals surface area contributed by atoms with Gasteiger partial charge in [0.1, 0.15) is 5.82 Å². The van der Waals surface area contributed by atoms with Crippen molar-refractivity contribution >= 4 is 21.2 Å². The van der Waals surface area contributed by atoms with Crippen LogP contribution in [-0.4, -0.2) is 19.1 Å². The summed E-state index contributed by atoms with van der Waals surface area (Å²) in [7, 11) is -3.06. The Morgan fingerprint density at radius 3 is 2.92 bits per heavy atom. The second-order valence-corrected chi connectivity index (χ2v) is 3.93. The topological polar surface area (TPSA) is 62.2 Å². The van der Waals surface area contributed by atoms with Crippen LogP contribution in [-0.2, 0) is 9.99 Å². The van der Waals surface area contributed by atoms with E-state index in [1.165, 1.54) is 12.3 Å². The van der Waals surface area contributed by atoms with E-state index in [1.54, 1.807) is 24.4 Å². The molecule has 0 saturated carbocycles. The zero-order valence-corrected chi connectivity index (χ0v) is 7.41. The predicted octanol–water partition coefficient (Wildman–Crippen LogP) is 0.988. The van der Waals surface area contributed by atoms with Crippen LogP contribution in [0.15, 0.2) is 24.4 Å². The minimum Gasteiger partial charge on any atom is -0.298 e. The van der Waals surface area contributed by atoms with Gasteiger partial charge < -0.3 is 0 Å². The van der Waals surface area contributed by atoms with Gasteiger partial charge in [-0.2, -0.15) is 0 Å². The molecule has 1 aromatic heterocycles. The van der Waals surface area contributed by atoms with Gasteiger partial charge in [0.15, 0.2) is 9.99 Å². The molecule has 4 nitrogen and oxygen atoms in total. The number of pyridine rings is 1. The Hall–Kier alpha value is -1.07. The van der Waals surface area contributed by atoms with Gasteiger partial charge in [0.2, 0.25) is 0 Å². The quantitative estimate of drug-likeness (QED) is 0.677. The molecule has 66 valence electrons. The maximum atomic E-state index is 11.1. The van der Waals surface area contributed by atoms with E-state index in [-0.39, 0.29) is 0 Å². The molecule has 12 heavy (non-hydrogen) atoms. The third-order valence-corrected chi connectivity index (χ3v) is 2.38. The Morgan fingerprint density at radius 2 is 2.42 bits per heavy atom. The van der Waals surface area contributed by atoms with Crippen molar-refractivity contribution in [3.63, 3.8) is 0 Å². The molecule has 0 aliphatic rings. The highest BCUT2D eigenvalue weighted by Crippen LogP contribution is 2.01. The van der Waals surface area contributed by atoms with Gasteiger partial charge in [0.05, 0.1) is 0 Å². The van der Waals surface area contributed by atoms with Crippen LogP contribution in [0.1, 0.15) is 6.92 Å². The van der Waals surface area contributed by atoms with Gasteiger partial charge in [-0.15, -0.1) is 0 Å². The molecule has 0 saturated heterocycles. The fraction of sp³-hybridized carbons (Fsp3) is 0.143. The second kappa shape index (κ2) is 3.55. The summed E-state index contributed by atoms with van der Waals surface area (Å²) in [5.41, 5.74) is 0. The number of anilines is 1. The molecule has 1 atom stereocenters. The lowest BCUT2D eigenvalue weighted by Crippen LogP contribution is -2.13.